The van der Waals surface area contributed by atoms with Gasteiger partial charge in [0, 0.05) is 25.9 Å². The average molecular weight is 457 g/mol. The van der Waals surface area contributed by atoms with E-state index in [1.807, 2.05) is 18.2 Å². The zero-order valence-corrected chi connectivity index (χ0v) is 17.7. The van der Waals surface area contributed by atoms with Gasteiger partial charge < -0.3 is 15.2 Å². The van der Waals surface area contributed by atoms with Crippen molar-refractivity contribution < 1.29 is 4.52 Å². The molecule has 25 heavy (non-hydrogen) atoms. The second-order valence-electron chi connectivity index (χ2n) is 6.08. The van der Waals surface area contributed by atoms with E-state index in [4.69, 9.17) is 4.52 Å². The molecule has 1 heterocycles. The van der Waals surface area contributed by atoms with E-state index in [0.29, 0.717) is 11.8 Å². The lowest BCUT2D eigenvalue weighted by Gasteiger charge is -2.18. The predicted octanol–water partition coefficient (Wildman–Crippen LogP) is 3.67. The highest BCUT2D eigenvalue weighted by atomic mass is 127. The van der Waals surface area contributed by atoms with Gasteiger partial charge in [0.25, 0.3) is 0 Å². The summed E-state index contributed by atoms with van der Waals surface area (Å²) in [6.07, 6.45) is 1.66. The molecule has 7 heteroatoms. The molecular weight excluding hydrogens is 429 g/mol. The van der Waals surface area contributed by atoms with Crippen LogP contribution >= 0.6 is 24.0 Å². The highest BCUT2D eigenvalue weighted by Crippen LogP contribution is 2.11. The molecule has 138 valence electrons. The van der Waals surface area contributed by atoms with Crippen molar-refractivity contribution >= 4 is 29.9 Å². The maximum atomic E-state index is 5.25. The Hall–Kier alpha value is -1.64. The van der Waals surface area contributed by atoms with Gasteiger partial charge in [0.2, 0.25) is 5.89 Å². The van der Waals surface area contributed by atoms with E-state index >= 15 is 0 Å². The van der Waals surface area contributed by atoms with E-state index < -0.39 is 0 Å². The van der Waals surface area contributed by atoms with Crippen LogP contribution < -0.4 is 10.6 Å². The number of nitrogens with one attached hydrogen (secondary N) is 2. The minimum absolute atomic E-state index is 0. The molecule has 1 unspecified atom stereocenters. The fourth-order valence-electron chi connectivity index (χ4n) is 2.28. The zero-order valence-electron chi connectivity index (χ0n) is 15.3. The summed E-state index contributed by atoms with van der Waals surface area (Å²) < 4.78 is 5.25. The lowest BCUT2D eigenvalue weighted by Crippen LogP contribution is -2.39. The van der Waals surface area contributed by atoms with Crippen molar-refractivity contribution in [3.8, 4) is 0 Å². The van der Waals surface area contributed by atoms with Crippen LogP contribution in [0.2, 0.25) is 0 Å². The quantitative estimate of drug-likeness (QED) is 0.287. The maximum absolute atomic E-state index is 5.25. The summed E-state index contributed by atoms with van der Waals surface area (Å²) in [6, 6.07) is 10.5. The summed E-state index contributed by atoms with van der Waals surface area (Å²) in [7, 11) is 1.78. The number of benzene rings is 1. The molecule has 0 saturated heterocycles. The number of rotatable bonds is 7. The standard InChI is InChI=1S/C18H27N5O.HI/c1-13(2)17-22-16(24-23-17)11-8-12-20-18(19-4)21-14(3)15-9-6-5-7-10-15;/h5-7,9-10,13-14H,8,11-12H2,1-4H3,(H2,19,20,21);1H. The molecule has 0 saturated carbocycles. The number of guanidine groups is 1. The van der Waals surface area contributed by atoms with E-state index in [9.17, 15) is 0 Å². The molecule has 0 bridgehead atoms. The molecule has 0 amide bonds. The van der Waals surface area contributed by atoms with Crippen LogP contribution in [0.5, 0.6) is 0 Å². The fraction of sp³-hybridized carbons (Fsp3) is 0.500. The second kappa shape index (κ2) is 11.1. The predicted molar refractivity (Wildman–Crippen MR) is 111 cm³/mol. The topological polar surface area (TPSA) is 75.3 Å². The van der Waals surface area contributed by atoms with E-state index in [2.05, 4.69) is 58.7 Å². The third kappa shape index (κ3) is 7.01. The number of aryl methyl sites for hydroxylation is 1. The van der Waals surface area contributed by atoms with Gasteiger partial charge in [-0.25, -0.2) is 0 Å². The van der Waals surface area contributed by atoms with Gasteiger partial charge in [-0.1, -0.05) is 49.3 Å². The third-order valence-electron chi connectivity index (χ3n) is 3.74. The van der Waals surface area contributed by atoms with Crippen molar-refractivity contribution in [2.45, 2.75) is 45.6 Å². The van der Waals surface area contributed by atoms with E-state index in [0.717, 1.165) is 31.2 Å². The first kappa shape index (κ1) is 21.4. The minimum atomic E-state index is 0. The Labute approximate surface area is 166 Å². The Bertz CT molecular complexity index is 642. The summed E-state index contributed by atoms with van der Waals surface area (Å²) in [5.74, 6) is 2.55. The third-order valence-corrected chi connectivity index (χ3v) is 3.74. The van der Waals surface area contributed by atoms with E-state index in [1.54, 1.807) is 7.05 Å². The highest BCUT2D eigenvalue weighted by molar-refractivity contribution is 14.0. The highest BCUT2D eigenvalue weighted by Gasteiger charge is 2.10. The van der Waals surface area contributed by atoms with Crippen molar-refractivity contribution in [2.75, 3.05) is 13.6 Å². The zero-order chi connectivity index (χ0) is 17.4. The van der Waals surface area contributed by atoms with Gasteiger partial charge in [-0.3, -0.25) is 4.99 Å². The van der Waals surface area contributed by atoms with Crippen LogP contribution in [-0.4, -0.2) is 29.7 Å². The molecule has 1 atom stereocenters. The monoisotopic (exact) mass is 457 g/mol. The molecule has 0 aliphatic rings. The molecule has 6 nitrogen and oxygen atoms in total. The van der Waals surface area contributed by atoms with Gasteiger partial charge in [0.05, 0.1) is 6.04 Å². The van der Waals surface area contributed by atoms with Gasteiger partial charge in [0.1, 0.15) is 0 Å². The number of halogens is 1. The first-order chi connectivity index (χ1) is 11.6. The first-order valence-corrected chi connectivity index (χ1v) is 8.44. The van der Waals surface area contributed by atoms with E-state index in [1.165, 1.54) is 5.56 Å². The molecule has 0 radical (unpaired) electrons. The van der Waals surface area contributed by atoms with Crippen LogP contribution in [0.4, 0.5) is 0 Å². The SMILES string of the molecule is CN=C(NCCCc1nc(C(C)C)no1)NC(C)c1ccccc1.I. The summed E-state index contributed by atoms with van der Waals surface area (Å²) in [5.41, 5.74) is 1.23. The summed E-state index contributed by atoms with van der Waals surface area (Å²) >= 11 is 0. The fourth-order valence-corrected chi connectivity index (χ4v) is 2.28. The van der Waals surface area contributed by atoms with Crippen molar-refractivity contribution in [1.82, 2.24) is 20.8 Å². The van der Waals surface area contributed by atoms with Crippen molar-refractivity contribution in [3.63, 3.8) is 0 Å². The summed E-state index contributed by atoms with van der Waals surface area (Å²) in [6.45, 7) is 7.02. The van der Waals surface area contributed by atoms with Crippen molar-refractivity contribution in [2.24, 2.45) is 4.99 Å². The number of nitrogens with zero attached hydrogens (tertiary/aromatic N) is 3. The van der Waals surface area contributed by atoms with Crippen LogP contribution in [0.15, 0.2) is 39.8 Å². The second-order valence-corrected chi connectivity index (χ2v) is 6.08. The Morgan fingerprint density at radius 1 is 1.20 bits per heavy atom. The van der Waals surface area contributed by atoms with Gasteiger partial charge in [-0.05, 0) is 18.9 Å². The van der Waals surface area contributed by atoms with Crippen molar-refractivity contribution in [1.29, 1.82) is 0 Å². The molecule has 2 aromatic rings. The number of aromatic nitrogens is 2. The van der Waals surface area contributed by atoms with Gasteiger partial charge in [-0.15, -0.1) is 24.0 Å². The van der Waals surface area contributed by atoms with Crippen LogP contribution in [-0.2, 0) is 6.42 Å². The number of aliphatic imine (C=N–C) groups is 1. The minimum Gasteiger partial charge on any atom is -0.356 e. The maximum Gasteiger partial charge on any atom is 0.226 e. The molecule has 0 fully saturated rings. The van der Waals surface area contributed by atoms with E-state index in [-0.39, 0.29) is 30.0 Å². The molecule has 0 aliphatic heterocycles. The van der Waals surface area contributed by atoms with Gasteiger partial charge in [0.15, 0.2) is 11.8 Å². The largest absolute Gasteiger partial charge is 0.356 e. The molecule has 0 aliphatic carbocycles. The van der Waals surface area contributed by atoms with Crippen LogP contribution in [0.3, 0.4) is 0 Å². The number of hydrogen-bond acceptors (Lipinski definition) is 4. The van der Waals surface area contributed by atoms with Crippen LogP contribution in [0, 0.1) is 0 Å². The Morgan fingerprint density at radius 2 is 1.92 bits per heavy atom. The van der Waals surface area contributed by atoms with Crippen LogP contribution in [0.25, 0.3) is 0 Å². The van der Waals surface area contributed by atoms with Crippen molar-refractivity contribution in [3.05, 3.63) is 47.6 Å². The Morgan fingerprint density at radius 3 is 2.52 bits per heavy atom. The number of hydrogen-bond donors (Lipinski definition) is 2. The molecule has 1 aromatic carbocycles. The normalized spacial score (nSPS) is 12.6. The van der Waals surface area contributed by atoms with Gasteiger partial charge in [-0.2, -0.15) is 4.98 Å². The summed E-state index contributed by atoms with van der Waals surface area (Å²) in [4.78, 5) is 8.65. The lowest BCUT2D eigenvalue weighted by molar-refractivity contribution is 0.368. The molecule has 0 spiro atoms. The molecule has 1 aromatic heterocycles. The van der Waals surface area contributed by atoms with Gasteiger partial charge >= 0.3 is 0 Å². The first-order valence-electron chi connectivity index (χ1n) is 8.44. The Balaban J connectivity index is 0.00000312. The molecular formula is C18H28IN5O. The summed E-state index contributed by atoms with van der Waals surface area (Å²) in [5, 5.41) is 10.7. The molecule has 2 rings (SSSR count). The smallest absolute Gasteiger partial charge is 0.226 e. The lowest BCUT2D eigenvalue weighted by atomic mass is 10.1. The van der Waals surface area contributed by atoms with Crippen LogP contribution in [0.1, 0.15) is 56.4 Å². The Kier molecular flexibility index (Phi) is 9.48. The molecule has 2 N–H and O–H groups in total. The average Bonchev–Trinajstić information content (AvgIpc) is 3.07.